The molecule has 2 heterocycles. The molecule has 0 atom stereocenters. The molecule has 2 aromatic carbocycles. The minimum atomic E-state index is -0.254. The number of fused-ring (bicyclic) bond motifs is 1. The third-order valence-corrected chi connectivity index (χ3v) is 5.56. The van der Waals surface area contributed by atoms with Gasteiger partial charge in [0.25, 0.3) is 11.8 Å². The molecule has 7 heteroatoms. The maximum atomic E-state index is 12.9. The predicted molar refractivity (Wildman–Crippen MR) is 116 cm³/mol. The summed E-state index contributed by atoms with van der Waals surface area (Å²) in [7, 11) is 0. The van der Waals surface area contributed by atoms with Gasteiger partial charge in [-0.05, 0) is 30.0 Å². The fourth-order valence-corrected chi connectivity index (χ4v) is 3.76. The average molecular weight is 423 g/mol. The minimum absolute atomic E-state index is 0.142. The number of aromatic nitrogens is 2. The van der Waals surface area contributed by atoms with Gasteiger partial charge in [-0.25, -0.2) is 0 Å². The van der Waals surface area contributed by atoms with Crippen molar-refractivity contribution < 1.29 is 9.59 Å². The summed E-state index contributed by atoms with van der Waals surface area (Å²) in [5.41, 5.74) is 2.85. The molecule has 0 spiro atoms. The van der Waals surface area contributed by atoms with Crippen molar-refractivity contribution in [3.8, 4) is 0 Å². The molecule has 154 valence electrons. The smallest absolute Gasteiger partial charge is 0.272 e. The molecule has 4 rings (SSSR count). The normalized spacial score (nSPS) is 13.2. The Morgan fingerprint density at radius 3 is 2.63 bits per heavy atom. The second kappa shape index (κ2) is 9.13. The summed E-state index contributed by atoms with van der Waals surface area (Å²) in [6.45, 7) is 2.07. The number of rotatable bonds is 7. The first-order chi connectivity index (χ1) is 14.6. The van der Waals surface area contributed by atoms with Crippen LogP contribution in [0.3, 0.4) is 0 Å². The topological polar surface area (TPSA) is 67.2 Å². The Morgan fingerprint density at radius 2 is 1.83 bits per heavy atom. The maximum absolute atomic E-state index is 12.9. The van der Waals surface area contributed by atoms with E-state index in [4.69, 9.17) is 11.6 Å². The maximum Gasteiger partial charge on any atom is 0.272 e. The Hall–Kier alpha value is -3.12. The number of halogens is 1. The molecule has 0 saturated carbocycles. The summed E-state index contributed by atoms with van der Waals surface area (Å²) < 4.78 is 1.62. The monoisotopic (exact) mass is 422 g/mol. The van der Waals surface area contributed by atoms with Crippen LogP contribution in [0.1, 0.15) is 38.5 Å². The van der Waals surface area contributed by atoms with Crippen molar-refractivity contribution in [2.75, 3.05) is 13.1 Å². The van der Waals surface area contributed by atoms with Gasteiger partial charge in [0.15, 0.2) is 5.69 Å². The minimum Gasteiger partial charge on any atom is -0.351 e. The lowest BCUT2D eigenvalue weighted by Crippen LogP contribution is -2.39. The van der Waals surface area contributed by atoms with E-state index in [-0.39, 0.29) is 17.5 Å². The molecule has 6 nitrogen and oxygen atoms in total. The molecule has 0 bridgehead atoms. The van der Waals surface area contributed by atoms with E-state index in [9.17, 15) is 9.59 Å². The van der Waals surface area contributed by atoms with Gasteiger partial charge in [0, 0.05) is 30.7 Å². The van der Waals surface area contributed by atoms with Crippen LogP contribution in [-0.4, -0.2) is 39.6 Å². The first-order valence-electron chi connectivity index (χ1n) is 10.0. The van der Waals surface area contributed by atoms with Crippen molar-refractivity contribution in [2.45, 2.75) is 25.9 Å². The highest BCUT2D eigenvalue weighted by molar-refractivity contribution is 6.31. The molecule has 1 aliphatic heterocycles. The first-order valence-corrected chi connectivity index (χ1v) is 10.4. The molecule has 0 saturated heterocycles. The van der Waals surface area contributed by atoms with Gasteiger partial charge in [-0.3, -0.25) is 14.3 Å². The van der Waals surface area contributed by atoms with Gasteiger partial charge in [0.05, 0.1) is 6.54 Å². The van der Waals surface area contributed by atoms with Crippen LogP contribution in [0.2, 0.25) is 5.02 Å². The quantitative estimate of drug-likeness (QED) is 0.592. The fourth-order valence-electron chi connectivity index (χ4n) is 3.56. The molecule has 0 radical (unpaired) electrons. The molecule has 0 unspecified atom stereocenters. The predicted octanol–water partition coefficient (Wildman–Crippen LogP) is 3.56. The molecule has 30 heavy (non-hydrogen) atoms. The van der Waals surface area contributed by atoms with Crippen molar-refractivity contribution in [3.63, 3.8) is 0 Å². The van der Waals surface area contributed by atoms with Crippen LogP contribution in [0.4, 0.5) is 0 Å². The van der Waals surface area contributed by atoms with Crippen LogP contribution in [0, 0.1) is 0 Å². The van der Waals surface area contributed by atoms with E-state index < -0.39 is 0 Å². The molecular formula is C23H23ClN4O2. The number of aryl methyl sites for hydroxylation is 1. The molecule has 0 fully saturated rings. The van der Waals surface area contributed by atoms with Crippen LogP contribution >= 0.6 is 11.6 Å². The van der Waals surface area contributed by atoms with E-state index in [1.54, 1.807) is 15.6 Å². The number of amides is 2. The summed E-state index contributed by atoms with van der Waals surface area (Å²) in [4.78, 5) is 27.1. The highest BCUT2D eigenvalue weighted by Crippen LogP contribution is 2.21. The van der Waals surface area contributed by atoms with Gasteiger partial charge in [0.1, 0.15) is 5.69 Å². The Bertz CT molecular complexity index is 1050. The summed E-state index contributed by atoms with van der Waals surface area (Å²) in [5.74, 6) is -0.396. The van der Waals surface area contributed by atoms with E-state index in [2.05, 4.69) is 22.5 Å². The zero-order chi connectivity index (χ0) is 20.9. The molecule has 1 aromatic heterocycles. The molecule has 2 amide bonds. The Labute approximate surface area is 180 Å². The molecular weight excluding hydrogens is 400 g/mol. The molecule has 0 aliphatic carbocycles. The number of carbonyl (C=O) groups is 2. The number of carbonyl (C=O) groups excluding carboxylic acids is 2. The zero-order valence-corrected chi connectivity index (χ0v) is 17.3. The Morgan fingerprint density at radius 1 is 1.07 bits per heavy atom. The number of nitrogens with one attached hydrogen (secondary N) is 1. The van der Waals surface area contributed by atoms with E-state index in [1.807, 2.05) is 42.5 Å². The highest BCUT2D eigenvalue weighted by atomic mass is 35.5. The van der Waals surface area contributed by atoms with E-state index >= 15 is 0 Å². The van der Waals surface area contributed by atoms with Gasteiger partial charge >= 0.3 is 0 Å². The average Bonchev–Trinajstić information content (AvgIpc) is 3.21. The van der Waals surface area contributed by atoms with Gasteiger partial charge in [0.2, 0.25) is 0 Å². The SMILES string of the molecule is O=C(NCCCc1ccccc1)c1cc2n(n1)CCN(Cc1ccccc1Cl)C2=O. The van der Waals surface area contributed by atoms with E-state index in [0.717, 1.165) is 18.4 Å². The van der Waals surface area contributed by atoms with Crippen molar-refractivity contribution in [3.05, 3.63) is 88.2 Å². The molecule has 1 N–H and O–H groups in total. The summed E-state index contributed by atoms with van der Waals surface area (Å²) in [6, 6.07) is 19.2. The van der Waals surface area contributed by atoms with Crippen molar-refractivity contribution in [2.24, 2.45) is 0 Å². The van der Waals surface area contributed by atoms with Crippen molar-refractivity contribution in [1.82, 2.24) is 20.0 Å². The number of hydrogen-bond donors (Lipinski definition) is 1. The lowest BCUT2D eigenvalue weighted by Gasteiger charge is -2.27. The van der Waals surface area contributed by atoms with Crippen molar-refractivity contribution in [1.29, 1.82) is 0 Å². The summed E-state index contributed by atoms with van der Waals surface area (Å²) in [6.07, 6.45) is 1.74. The lowest BCUT2D eigenvalue weighted by atomic mass is 10.1. The van der Waals surface area contributed by atoms with Gasteiger partial charge in [-0.1, -0.05) is 60.1 Å². The first kappa shape index (κ1) is 20.2. The number of benzene rings is 2. The van der Waals surface area contributed by atoms with Crippen molar-refractivity contribution >= 4 is 23.4 Å². The van der Waals surface area contributed by atoms with Crippen LogP contribution in [0.5, 0.6) is 0 Å². The molecule has 3 aromatic rings. The fraction of sp³-hybridized carbons (Fsp3) is 0.261. The lowest BCUT2D eigenvalue weighted by molar-refractivity contribution is 0.0683. The Balaban J connectivity index is 1.35. The number of nitrogens with zero attached hydrogens (tertiary/aromatic N) is 3. The second-order valence-corrected chi connectivity index (χ2v) is 7.71. The number of hydrogen-bond acceptors (Lipinski definition) is 3. The van der Waals surface area contributed by atoms with Crippen LogP contribution in [0.25, 0.3) is 0 Å². The van der Waals surface area contributed by atoms with Gasteiger partial charge in [-0.15, -0.1) is 0 Å². The third kappa shape index (κ3) is 4.54. The van der Waals surface area contributed by atoms with Gasteiger partial charge < -0.3 is 10.2 Å². The third-order valence-electron chi connectivity index (χ3n) is 5.19. The standard InChI is InChI=1S/C23H23ClN4O2/c24-19-11-5-4-10-18(19)16-27-13-14-28-21(23(27)30)15-20(26-28)22(29)25-12-6-9-17-7-2-1-3-8-17/h1-5,7-8,10-11,15H,6,9,12-14,16H2,(H,25,29). The van der Waals surface area contributed by atoms with Crippen LogP contribution in [0.15, 0.2) is 60.7 Å². The Kier molecular flexibility index (Phi) is 6.14. The van der Waals surface area contributed by atoms with Gasteiger partial charge in [-0.2, -0.15) is 5.10 Å². The largest absolute Gasteiger partial charge is 0.351 e. The highest BCUT2D eigenvalue weighted by Gasteiger charge is 2.28. The summed E-state index contributed by atoms with van der Waals surface area (Å²) >= 11 is 6.23. The molecule has 1 aliphatic rings. The van der Waals surface area contributed by atoms with E-state index in [1.165, 1.54) is 5.56 Å². The van der Waals surface area contributed by atoms with Crippen LogP contribution in [-0.2, 0) is 19.5 Å². The second-order valence-electron chi connectivity index (χ2n) is 7.30. The summed E-state index contributed by atoms with van der Waals surface area (Å²) in [5, 5.41) is 7.86. The van der Waals surface area contributed by atoms with E-state index in [0.29, 0.717) is 36.9 Å². The van der Waals surface area contributed by atoms with Crippen LogP contribution < -0.4 is 5.32 Å². The zero-order valence-electron chi connectivity index (χ0n) is 16.6.